The largest absolute Gasteiger partial charge is 0.484 e. The molecule has 1 unspecified atom stereocenters. The highest BCUT2D eigenvalue weighted by atomic mass is 35.5. The zero-order valence-corrected chi connectivity index (χ0v) is 18.2. The molecule has 2 heterocycles. The van der Waals surface area contributed by atoms with Crippen LogP contribution in [0, 0.1) is 5.82 Å². The first-order valence-electron chi connectivity index (χ1n) is 9.91. The maximum atomic E-state index is 13.4. The first-order chi connectivity index (χ1) is 15.3. The number of rotatable bonds is 9. The van der Waals surface area contributed by atoms with Crippen LogP contribution in [0.4, 0.5) is 4.39 Å². The van der Waals surface area contributed by atoms with E-state index in [2.05, 4.69) is 22.2 Å². The minimum Gasteiger partial charge on any atom is -0.484 e. The fourth-order valence-electron chi connectivity index (χ4n) is 2.97. The third kappa shape index (κ3) is 6.66. The average Bonchev–Trinajstić information content (AvgIpc) is 3.25. The van der Waals surface area contributed by atoms with Crippen LogP contribution in [0.15, 0.2) is 47.2 Å². The molecule has 0 radical (unpaired) electrons. The van der Waals surface area contributed by atoms with Crippen molar-refractivity contribution in [3.63, 3.8) is 0 Å². The number of hydrogen-bond acceptors (Lipinski definition) is 6. The van der Waals surface area contributed by atoms with Crippen LogP contribution >= 0.6 is 11.6 Å². The normalized spacial score (nSPS) is 14.3. The lowest BCUT2D eigenvalue weighted by atomic mass is 10.1. The van der Waals surface area contributed by atoms with Crippen molar-refractivity contribution in [3.8, 4) is 5.75 Å². The Morgan fingerprint density at radius 1 is 1.41 bits per heavy atom. The summed E-state index contributed by atoms with van der Waals surface area (Å²) >= 11 is 5.61. The number of hydrogen-bond donors (Lipinski definition) is 2. The number of benzene rings is 1. The molecular formula is C22H23ClFN3O5. The Bertz CT molecular complexity index is 1040. The van der Waals surface area contributed by atoms with Gasteiger partial charge < -0.3 is 24.5 Å². The van der Waals surface area contributed by atoms with E-state index in [1.165, 1.54) is 18.3 Å². The first kappa shape index (κ1) is 23.5. The Hall–Kier alpha value is -3.17. The highest BCUT2D eigenvalue weighted by Gasteiger charge is 2.18. The first-order valence-corrected chi connectivity index (χ1v) is 10.3. The molecule has 0 fully saturated rings. The lowest BCUT2D eigenvalue weighted by molar-refractivity contribution is -0.123. The van der Waals surface area contributed by atoms with Crippen LogP contribution in [-0.4, -0.2) is 42.7 Å². The lowest BCUT2D eigenvalue weighted by Crippen LogP contribution is -2.37. The van der Waals surface area contributed by atoms with Gasteiger partial charge in [-0.25, -0.2) is 9.37 Å². The van der Waals surface area contributed by atoms with Gasteiger partial charge in [0, 0.05) is 36.2 Å². The second-order valence-corrected chi connectivity index (χ2v) is 7.59. The van der Waals surface area contributed by atoms with Crippen molar-refractivity contribution in [2.75, 3.05) is 19.8 Å². The second kappa shape index (κ2) is 10.9. The van der Waals surface area contributed by atoms with Gasteiger partial charge in [0.25, 0.3) is 11.8 Å². The van der Waals surface area contributed by atoms with Gasteiger partial charge in [-0.2, -0.15) is 0 Å². The van der Waals surface area contributed by atoms with Crippen LogP contribution in [0.25, 0.3) is 5.57 Å². The smallest absolute Gasteiger partial charge is 0.292 e. The molecule has 8 nitrogen and oxygen atoms in total. The van der Waals surface area contributed by atoms with Crippen molar-refractivity contribution in [2.45, 2.75) is 25.8 Å². The zero-order chi connectivity index (χ0) is 23.1. The maximum absolute atomic E-state index is 13.4. The van der Waals surface area contributed by atoms with Crippen molar-refractivity contribution in [1.29, 1.82) is 0 Å². The fourth-order valence-corrected chi connectivity index (χ4v) is 3.09. The molecule has 0 saturated carbocycles. The van der Waals surface area contributed by atoms with E-state index in [1.54, 1.807) is 6.92 Å². The number of carbonyl (C=O) groups excluding carboxylic acids is 2. The predicted octanol–water partition coefficient (Wildman–Crippen LogP) is 3.49. The molecule has 2 N–H and O–H groups in total. The molecule has 1 aliphatic heterocycles. The number of carbonyl (C=O) groups is 2. The number of nitrogens with zero attached hydrogens (tertiary/aromatic N) is 1. The molecule has 10 heteroatoms. The summed E-state index contributed by atoms with van der Waals surface area (Å²) in [7, 11) is 0. The monoisotopic (exact) mass is 463 g/mol. The van der Waals surface area contributed by atoms with Gasteiger partial charge in [-0.05, 0) is 19.1 Å². The summed E-state index contributed by atoms with van der Waals surface area (Å²) in [4.78, 5) is 28.6. The highest BCUT2D eigenvalue weighted by Crippen LogP contribution is 2.21. The van der Waals surface area contributed by atoms with Gasteiger partial charge in [-0.1, -0.05) is 24.3 Å². The van der Waals surface area contributed by atoms with Crippen molar-refractivity contribution in [1.82, 2.24) is 15.6 Å². The Labute approximate surface area is 189 Å². The minimum atomic E-state index is -0.631. The van der Waals surface area contributed by atoms with Crippen LogP contribution in [-0.2, 0) is 9.53 Å². The summed E-state index contributed by atoms with van der Waals surface area (Å²) in [5.41, 5.74) is 1.29. The molecule has 1 atom stereocenters. The zero-order valence-electron chi connectivity index (χ0n) is 17.5. The van der Waals surface area contributed by atoms with Crippen LogP contribution in [0.2, 0.25) is 5.02 Å². The van der Waals surface area contributed by atoms with Gasteiger partial charge in [0.2, 0.25) is 11.7 Å². The molecule has 1 aromatic heterocycles. The Kier molecular flexibility index (Phi) is 8.02. The summed E-state index contributed by atoms with van der Waals surface area (Å²) in [5.74, 6) is -0.869. The molecule has 1 aliphatic rings. The Morgan fingerprint density at radius 3 is 2.94 bits per heavy atom. The molecule has 0 aliphatic carbocycles. The molecule has 2 aromatic rings. The average molecular weight is 464 g/mol. The Balaban J connectivity index is 1.42. The third-order valence-electron chi connectivity index (χ3n) is 4.48. The molecule has 0 spiro atoms. The van der Waals surface area contributed by atoms with E-state index in [-0.39, 0.29) is 35.6 Å². The van der Waals surface area contributed by atoms with E-state index >= 15 is 0 Å². The molecule has 0 saturated heterocycles. The number of nitrogens with one attached hydrogen (secondary N) is 2. The fraction of sp³-hybridized carbons (Fsp3) is 0.318. The quantitative estimate of drug-likeness (QED) is 0.590. The van der Waals surface area contributed by atoms with Crippen molar-refractivity contribution in [2.24, 2.45) is 0 Å². The highest BCUT2D eigenvalue weighted by molar-refractivity contribution is 6.30. The van der Waals surface area contributed by atoms with Crippen LogP contribution in [0.5, 0.6) is 5.75 Å². The third-order valence-corrected chi connectivity index (χ3v) is 4.79. The summed E-state index contributed by atoms with van der Waals surface area (Å²) in [6, 6.07) is 3.58. The van der Waals surface area contributed by atoms with Crippen molar-refractivity contribution < 1.29 is 27.9 Å². The molecule has 3 rings (SSSR count). The lowest BCUT2D eigenvalue weighted by Gasteiger charge is -2.16. The SMILES string of the molecule is C=C(CC(C)NC(=O)COc1ccc(Cl)c(F)c1)NC(=O)c1cnc(C2=CCOCC2)o1. The molecular weight excluding hydrogens is 441 g/mol. The molecule has 0 bridgehead atoms. The predicted molar refractivity (Wildman–Crippen MR) is 116 cm³/mol. The van der Waals surface area contributed by atoms with E-state index in [4.69, 9.17) is 25.5 Å². The van der Waals surface area contributed by atoms with E-state index < -0.39 is 17.6 Å². The standard InChI is InChI=1S/C22H23ClFN3O5/c1-13(26-20(28)12-31-16-3-4-17(23)18(24)10-16)9-14(2)27-21(29)19-11-25-22(32-19)15-5-7-30-8-6-15/h3-5,10-11,13H,2,6-9,12H2,1H3,(H,26,28)(H,27,29). The van der Waals surface area contributed by atoms with Gasteiger partial charge in [-0.3, -0.25) is 9.59 Å². The summed E-state index contributed by atoms with van der Waals surface area (Å²) in [6.45, 7) is 6.34. The summed E-state index contributed by atoms with van der Waals surface area (Å²) in [5, 5.41) is 5.32. The van der Waals surface area contributed by atoms with Gasteiger partial charge >= 0.3 is 0 Å². The Morgan fingerprint density at radius 2 is 2.22 bits per heavy atom. The second-order valence-electron chi connectivity index (χ2n) is 7.18. The molecule has 170 valence electrons. The topological polar surface area (TPSA) is 103 Å². The van der Waals surface area contributed by atoms with Crippen LogP contribution in [0.3, 0.4) is 0 Å². The molecule has 2 amide bonds. The van der Waals surface area contributed by atoms with Gasteiger partial charge in [0.05, 0.1) is 24.4 Å². The van der Waals surface area contributed by atoms with Crippen molar-refractivity contribution >= 4 is 29.0 Å². The van der Waals surface area contributed by atoms with Gasteiger partial charge in [0.1, 0.15) is 11.6 Å². The van der Waals surface area contributed by atoms with Gasteiger partial charge in [-0.15, -0.1) is 0 Å². The van der Waals surface area contributed by atoms with E-state index in [0.717, 1.165) is 11.6 Å². The van der Waals surface area contributed by atoms with Crippen LogP contribution < -0.4 is 15.4 Å². The number of aromatic nitrogens is 1. The van der Waals surface area contributed by atoms with E-state index in [1.807, 2.05) is 6.08 Å². The number of ether oxygens (including phenoxy) is 2. The number of oxazole rings is 1. The molecule has 32 heavy (non-hydrogen) atoms. The minimum absolute atomic E-state index is 0.0294. The van der Waals surface area contributed by atoms with Crippen molar-refractivity contribution in [3.05, 3.63) is 65.2 Å². The van der Waals surface area contributed by atoms with Gasteiger partial charge in [0.15, 0.2) is 6.61 Å². The number of amides is 2. The number of halogens is 2. The summed E-state index contributed by atoms with van der Waals surface area (Å²) < 4.78 is 29.4. The van der Waals surface area contributed by atoms with Crippen LogP contribution in [0.1, 0.15) is 36.2 Å². The maximum Gasteiger partial charge on any atom is 0.292 e. The summed E-state index contributed by atoms with van der Waals surface area (Å²) in [6.07, 6.45) is 4.18. The van der Waals surface area contributed by atoms with E-state index in [9.17, 15) is 14.0 Å². The molecule has 1 aromatic carbocycles. The van der Waals surface area contributed by atoms with E-state index in [0.29, 0.717) is 31.2 Å².